The van der Waals surface area contributed by atoms with Gasteiger partial charge in [0.15, 0.2) is 0 Å². The van der Waals surface area contributed by atoms with E-state index in [2.05, 4.69) is 36.5 Å². The smallest absolute Gasteiger partial charge is 0.222 e. The van der Waals surface area contributed by atoms with Crippen LogP contribution in [0.5, 0.6) is 0 Å². The van der Waals surface area contributed by atoms with Crippen LogP contribution in [-0.2, 0) is 11.3 Å². The van der Waals surface area contributed by atoms with E-state index in [0.29, 0.717) is 24.2 Å². The second-order valence-electron chi connectivity index (χ2n) is 6.17. The summed E-state index contributed by atoms with van der Waals surface area (Å²) in [6, 6.07) is 0. The highest BCUT2D eigenvalue weighted by Crippen LogP contribution is 2.22. The van der Waals surface area contributed by atoms with Crippen molar-refractivity contribution in [3.8, 4) is 0 Å². The zero-order valence-electron chi connectivity index (χ0n) is 13.0. The predicted octanol–water partition coefficient (Wildman–Crippen LogP) is 3.05. The molecule has 4 heteroatoms. The lowest BCUT2D eigenvalue weighted by Crippen LogP contribution is -2.39. The minimum atomic E-state index is 0.330. The summed E-state index contributed by atoms with van der Waals surface area (Å²) in [5.74, 6) is 2.65. The fraction of sp³-hybridized carbons (Fsp3) is 0.750. The van der Waals surface area contributed by atoms with Gasteiger partial charge in [-0.05, 0) is 25.2 Å². The number of amides is 1. The highest BCUT2D eigenvalue weighted by molar-refractivity contribution is 5.76. The lowest BCUT2D eigenvalue weighted by atomic mass is 9.96. The molecule has 1 aromatic heterocycles. The van der Waals surface area contributed by atoms with Crippen molar-refractivity contribution in [2.24, 2.45) is 5.92 Å². The van der Waals surface area contributed by atoms with Crippen LogP contribution in [0.2, 0.25) is 0 Å². The van der Waals surface area contributed by atoms with E-state index in [4.69, 9.17) is 0 Å². The maximum Gasteiger partial charge on any atom is 0.222 e. The van der Waals surface area contributed by atoms with Crippen LogP contribution in [0.3, 0.4) is 0 Å². The zero-order chi connectivity index (χ0) is 14.5. The molecule has 1 fully saturated rings. The van der Waals surface area contributed by atoms with Crippen molar-refractivity contribution in [2.45, 2.75) is 58.9 Å². The normalized spacial score (nSPS) is 16.9. The van der Waals surface area contributed by atoms with Crippen molar-refractivity contribution < 1.29 is 4.79 Å². The Bertz CT molecular complexity index is 431. The molecule has 2 rings (SSSR count). The third-order valence-electron chi connectivity index (χ3n) is 4.15. The second-order valence-corrected chi connectivity index (χ2v) is 6.17. The second kappa shape index (κ2) is 6.91. The molecular formula is C16H27N3O. The number of carbonyl (C=O) groups is 1. The first-order valence-corrected chi connectivity index (χ1v) is 7.90. The SMILES string of the molecule is CCCC(=O)N1CCC(Cn2ccnc2C(C)C)CC1. The van der Waals surface area contributed by atoms with Gasteiger partial charge < -0.3 is 9.47 Å². The van der Waals surface area contributed by atoms with Gasteiger partial charge in [-0.2, -0.15) is 0 Å². The van der Waals surface area contributed by atoms with Crippen LogP contribution >= 0.6 is 0 Å². The van der Waals surface area contributed by atoms with Gasteiger partial charge >= 0.3 is 0 Å². The summed E-state index contributed by atoms with van der Waals surface area (Å²) >= 11 is 0. The largest absolute Gasteiger partial charge is 0.343 e. The summed E-state index contributed by atoms with van der Waals surface area (Å²) < 4.78 is 2.29. The number of hydrogen-bond donors (Lipinski definition) is 0. The molecule has 1 saturated heterocycles. The Balaban J connectivity index is 1.85. The highest BCUT2D eigenvalue weighted by atomic mass is 16.2. The van der Waals surface area contributed by atoms with Gasteiger partial charge in [-0.3, -0.25) is 4.79 Å². The van der Waals surface area contributed by atoms with Crippen LogP contribution < -0.4 is 0 Å². The molecule has 0 aliphatic carbocycles. The van der Waals surface area contributed by atoms with E-state index in [1.165, 1.54) is 5.82 Å². The van der Waals surface area contributed by atoms with Crippen LogP contribution in [0.4, 0.5) is 0 Å². The first-order valence-electron chi connectivity index (χ1n) is 7.90. The van der Waals surface area contributed by atoms with E-state index in [-0.39, 0.29) is 0 Å². The maximum absolute atomic E-state index is 11.9. The summed E-state index contributed by atoms with van der Waals surface area (Å²) in [5, 5.41) is 0. The van der Waals surface area contributed by atoms with Gasteiger partial charge in [0.05, 0.1) is 0 Å². The summed E-state index contributed by atoms with van der Waals surface area (Å²) in [7, 11) is 0. The van der Waals surface area contributed by atoms with Crippen LogP contribution in [0, 0.1) is 5.92 Å². The van der Waals surface area contributed by atoms with Gasteiger partial charge in [0.25, 0.3) is 0 Å². The van der Waals surface area contributed by atoms with Crippen molar-refractivity contribution in [3.63, 3.8) is 0 Å². The number of piperidine rings is 1. The van der Waals surface area contributed by atoms with Crippen LogP contribution in [0.1, 0.15) is 58.2 Å². The molecule has 4 nitrogen and oxygen atoms in total. The molecule has 0 atom stereocenters. The molecule has 0 N–H and O–H groups in total. The fourth-order valence-electron chi connectivity index (χ4n) is 2.99. The molecule has 20 heavy (non-hydrogen) atoms. The number of likely N-dealkylation sites (tertiary alicyclic amines) is 1. The number of aromatic nitrogens is 2. The average molecular weight is 277 g/mol. The van der Waals surface area contributed by atoms with E-state index in [1.54, 1.807) is 0 Å². The van der Waals surface area contributed by atoms with E-state index in [0.717, 1.165) is 38.9 Å². The van der Waals surface area contributed by atoms with Gasteiger partial charge in [-0.25, -0.2) is 4.98 Å². The van der Waals surface area contributed by atoms with Gasteiger partial charge in [-0.15, -0.1) is 0 Å². The third-order valence-corrected chi connectivity index (χ3v) is 4.15. The molecule has 2 heterocycles. The quantitative estimate of drug-likeness (QED) is 0.829. The third kappa shape index (κ3) is 3.62. The van der Waals surface area contributed by atoms with Crippen molar-refractivity contribution in [3.05, 3.63) is 18.2 Å². The summed E-state index contributed by atoms with van der Waals surface area (Å²) in [6.07, 6.45) is 7.87. The number of hydrogen-bond acceptors (Lipinski definition) is 2. The van der Waals surface area contributed by atoms with Crippen molar-refractivity contribution >= 4 is 5.91 Å². The number of imidazole rings is 1. The first-order chi connectivity index (χ1) is 9.61. The molecule has 1 aliphatic heterocycles. The summed E-state index contributed by atoms with van der Waals surface area (Å²) in [5.41, 5.74) is 0. The Kier molecular flexibility index (Phi) is 5.21. The van der Waals surface area contributed by atoms with E-state index >= 15 is 0 Å². The molecule has 0 radical (unpaired) electrons. The Labute approximate surface area is 122 Å². The lowest BCUT2D eigenvalue weighted by Gasteiger charge is -2.32. The molecule has 0 unspecified atom stereocenters. The standard InChI is InChI=1S/C16H27N3O/c1-4-5-15(20)18-9-6-14(7-10-18)12-19-11-8-17-16(19)13(2)3/h8,11,13-14H,4-7,9-10,12H2,1-3H3. The lowest BCUT2D eigenvalue weighted by molar-refractivity contribution is -0.132. The highest BCUT2D eigenvalue weighted by Gasteiger charge is 2.23. The zero-order valence-corrected chi connectivity index (χ0v) is 13.0. The Morgan fingerprint density at radius 1 is 1.40 bits per heavy atom. The maximum atomic E-state index is 11.9. The summed E-state index contributed by atoms with van der Waals surface area (Å²) in [4.78, 5) is 18.4. The van der Waals surface area contributed by atoms with Gasteiger partial charge in [0, 0.05) is 44.4 Å². The minimum Gasteiger partial charge on any atom is -0.343 e. The minimum absolute atomic E-state index is 0.330. The van der Waals surface area contributed by atoms with Crippen molar-refractivity contribution in [1.82, 2.24) is 14.5 Å². The molecular weight excluding hydrogens is 250 g/mol. The molecule has 0 bridgehead atoms. The fourth-order valence-corrected chi connectivity index (χ4v) is 2.99. The predicted molar refractivity (Wildman–Crippen MR) is 80.5 cm³/mol. The van der Waals surface area contributed by atoms with Gasteiger partial charge in [0.2, 0.25) is 5.91 Å². The molecule has 1 aromatic rings. The van der Waals surface area contributed by atoms with E-state index in [1.807, 2.05) is 11.1 Å². The molecule has 0 spiro atoms. The van der Waals surface area contributed by atoms with Crippen LogP contribution in [0.25, 0.3) is 0 Å². The molecule has 0 aromatic carbocycles. The number of nitrogens with zero attached hydrogens (tertiary/aromatic N) is 3. The monoisotopic (exact) mass is 277 g/mol. The Hall–Kier alpha value is -1.32. The van der Waals surface area contributed by atoms with Crippen LogP contribution in [-0.4, -0.2) is 33.4 Å². The average Bonchev–Trinajstić information content (AvgIpc) is 2.88. The molecule has 112 valence electrons. The van der Waals surface area contributed by atoms with Crippen molar-refractivity contribution in [2.75, 3.05) is 13.1 Å². The first kappa shape index (κ1) is 15.1. The summed E-state index contributed by atoms with van der Waals surface area (Å²) in [6.45, 7) is 9.33. The number of carbonyl (C=O) groups excluding carboxylic acids is 1. The Morgan fingerprint density at radius 2 is 2.10 bits per heavy atom. The van der Waals surface area contributed by atoms with E-state index in [9.17, 15) is 4.79 Å². The molecule has 1 aliphatic rings. The molecule has 0 saturated carbocycles. The van der Waals surface area contributed by atoms with Gasteiger partial charge in [0.1, 0.15) is 5.82 Å². The molecule has 1 amide bonds. The van der Waals surface area contributed by atoms with Gasteiger partial charge in [-0.1, -0.05) is 20.8 Å². The van der Waals surface area contributed by atoms with Crippen molar-refractivity contribution in [1.29, 1.82) is 0 Å². The van der Waals surface area contributed by atoms with E-state index < -0.39 is 0 Å². The number of rotatable bonds is 5. The Morgan fingerprint density at radius 3 is 2.70 bits per heavy atom. The van der Waals surface area contributed by atoms with Crippen LogP contribution in [0.15, 0.2) is 12.4 Å². The topological polar surface area (TPSA) is 38.1 Å².